The predicted octanol–water partition coefficient (Wildman–Crippen LogP) is 5.17. The van der Waals surface area contributed by atoms with Crippen molar-refractivity contribution in [2.24, 2.45) is 0 Å². The first-order valence-corrected chi connectivity index (χ1v) is 7.97. The first-order valence-electron chi connectivity index (χ1n) is 7.15. The van der Waals surface area contributed by atoms with Gasteiger partial charge in [0.05, 0.1) is 0 Å². The van der Waals surface area contributed by atoms with Crippen molar-refractivity contribution in [3.63, 3.8) is 0 Å². The summed E-state index contributed by atoms with van der Waals surface area (Å²) in [5.74, 6) is 0. The zero-order valence-electron chi connectivity index (χ0n) is 12.1. The van der Waals surface area contributed by atoms with Crippen LogP contribution in [0.3, 0.4) is 0 Å². The second kappa shape index (κ2) is 6.88. The highest BCUT2D eigenvalue weighted by atomic mass is 32.1. The minimum Gasteiger partial charge on any atom is -0.310 e. The van der Waals surface area contributed by atoms with Crippen LogP contribution in [0.1, 0.15) is 43.2 Å². The topological polar surface area (TPSA) is 12.0 Å². The first-order chi connectivity index (χ1) is 9.26. The molecule has 1 N–H and O–H groups in total. The number of nitrogens with one attached hydrogen (secondary N) is 1. The molecule has 1 nitrogen and oxygen atoms in total. The molecule has 0 saturated carbocycles. The van der Waals surface area contributed by atoms with Crippen LogP contribution in [0.2, 0.25) is 0 Å². The first kappa shape index (κ1) is 14.3. The van der Waals surface area contributed by atoms with Gasteiger partial charge in [-0.05, 0) is 43.1 Å². The van der Waals surface area contributed by atoms with Crippen molar-refractivity contribution < 1.29 is 0 Å². The van der Waals surface area contributed by atoms with Crippen LogP contribution in [-0.2, 0) is 0 Å². The van der Waals surface area contributed by atoms with Crippen molar-refractivity contribution in [2.75, 3.05) is 6.54 Å². The molecule has 0 saturated heterocycles. The summed E-state index contributed by atoms with van der Waals surface area (Å²) in [4.78, 5) is 2.84. The molecule has 2 rings (SSSR count). The summed E-state index contributed by atoms with van der Waals surface area (Å²) >= 11 is 1.93. The van der Waals surface area contributed by atoms with Crippen LogP contribution in [0.15, 0.2) is 36.4 Å². The fraction of sp³-hybridized carbons (Fsp3) is 0.412. The second-order valence-electron chi connectivity index (χ2n) is 4.92. The number of hydrogen-bond donors (Lipinski definition) is 1. The van der Waals surface area contributed by atoms with E-state index in [1.54, 1.807) is 0 Å². The minimum absolute atomic E-state index is 0.512. The number of aryl methyl sites for hydroxylation is 1. The van der Waals surface area contributed by atoms with Crippen molar-refractivity contribution in [2.45, 2.75) is 39.7 Å². The minimum atomic E-state index is 0.512. The van der Waals surface area contributed by atoms with Gasteiger partial charge in [0.25, 0.3) is 0 Å². The molecule has 0 aliphatic heterocycles. The third kappa shape index (κ3) is 3.46. The molecule has 19 heavy (non-hydrogen) atoms. The van der Waals surface area contributed by atoms with Gasteiger partial charge in [-0.2, -0.15) is 0 Å². The van der Waals surface area contributed by atoms with Gasteiger partial charge in [-0.15, -0.1) is 11.3 Å². The fourth-order valence-electron chi connectivity index (χ4n) is 2.41. The molecule has 0 amide bonds. The Morgan fingerprint density at radius 2 is 1.89 bits per heavy atom. The van der Waals surface area contributed by atoms with E-state index in [-0.39, 0.29) is 0 Å². The van der Waals surface area contributed by atoms with Crippen LogP contribution in [-0.4, -0.2) is 6.54 Å². The molecule has 0 radical (unpaired) electrons. The summed E-state index contributed by atoms with van der Waals surface area (Å²) < 4.78 is 0. The highest BCUT2D eigenvalue weighted by molar-refractivity contribution is 7.15. The Morgan fingerprint density at radius 3 is 2.58 bits per heavy atom. The van der Waals surface area contributed by atoms with Crippen molar-refractivity contribution in [3.05, 3.63) is 46.8 Å². The molecule has 0 bridgehead atoms. The predicted molar refractivity (Wildman–Crippen MR) is 85.8 cm³/mol. The largest absolute Gasteiger partial charge is 0.310 e. The maximum absolute atomic E-state index is 3.59. The lowest BCUT2D eigenvalue weighted by Gasteiger charge is -2.15. The molecule has 1 aromatic heterocycles. The Hall–Kier alpha value is -1.12. The molecule has 1 aromatic carbocycles. The van der Waals surface area contributed by atoms with E-state index >= 15 is 0 Å². The van der Waals surface area contributed by atoms with Gasteiger partial charge in [0.1, 0.15) is 0 Å². The zero-order valence-corrected chi connectivity index (χ0v) is 12.9. The molecule has 1 unspecified atom stereocenters. The third-order valence-corrected chi connectivity index (χ3v) is 4.64. The summed E-state index contributed by atoms with van der Waals surface area (Å²) in [7, 11) is 0. The van der Waals surface area contributed by atoms with Gasteiger partial charge >= 0.3 is 0 Å². The highest BCUT2D eigenvalue weighted by Gasteiger charge is 2.13. The van der Waals surface area contributed by atoms with Crippen LogP contribution in [0.25, 0.3) is 10.4 Å². The molecular weight excluding hydrogens is 250 g/mol. The summed E-state index contributed by atoms with van der Waals surface area (Å²) in [5, 5.41) is 3.59. The van der Waals surface area contributed by atoms with E-state index in [2.05, 4.69) is 62.5 Å². The van der Waals surface area contributed by atoms with Gasteiger partial charge in [0.15, 0.2) is 0 Å². The van der Waals surface area contributed by atoms with E-state index in [1.807, 2.05) is 11.3 Å². The van der Waals surface area contributed by atoms with Crippen LogP contribution in [0.5, 0.6) is 0 Å². The van der Waals surface area contributed by atoms with E-state index in [1.165, 1.54) is 33.7 Å². The van der Waals surface area contributed by atoms with Crippen molar-refractivity contribution >= 4 is 11.3 Å². The fourth-order valence-corrected chi connectivity index (χ4v) is 3.62. The monoisotopic (exact) mass is 273 g/mol. The lowest BCUT2D eigenvalue weighted by atomic mass is 10.1. The number of hydrogen-bond acceptors (Lipinski definition) is 2. The van der Waals surface area contributed by atoms with Gasteiger partial charge in [-0.25, -0.2) is 0 Å². The third-order valence-electron chi connectivity index (χ3n) is 3.41. The summed E-state index contributed by atoms with van der Waals surface area (Å²) in [6, 6.07) is 13.7. The summed E-state index contributed by atoms with van der Waals surface area (Å²) in [6.07, 6.45) is 2.43. The molecule has 2 heteroatoms. The quantitative estimate of drug-likeness (QED) is 0.765. The Balaban J connectivity index is 2.25. The smallest absolute Gasteiger partial charge is 0.0414 e. The SMILES string of the molecule is CCCC(NCC)c1ccc(-c2ccccc2C)s1. The van der Waals surface area contributed by atoms with Gasteiger partial charge in [0.2, 0.25) is 0 Å². The van der Waals surface area contributed by atoms with Crippen LogP contribution >= 0.6 is 11.3 Å². The van der Waals surface area contributed by atoms with Crippen LogP contribution < -0.4 is 5.32 Å². The van der Waals surface area contributed by atoms with Crippen LogP contribution in [0.4, 0.5) is 0 Å². The second-order valence-corrected chi connectivity index (χ2v) is 6.03. The van der Waals surface area contributed by atoms with E-state index in [9.17, 15) is 0 Å². The Labute approximate surface area is 120 Å². The number of rotatable bonds is 6. The Morgan fingerprint density at radius 1 is 1.11 bits per heavy atom. The van der Waals surface area contributed by atoms with E-state index in [0.717, 1.165) is 6.54 Å². The summed E-state index contributed by atoms with van der Waals surface area (Å²) in [6.45, 7) is 7.64. The molecular formula is C17H23NS. The number of thiophene rings is 1. The standard InChI is InChI=1S/C17H23NS/c1-4-8-15(18-5-2)17-12-11-16(19-17)14-10-7-6-9-13(14)3/h6-7,9-12,15,18H,4-5,8H2,1-3H3. The maximum Gasteiger partial charge on any atom is 0.0414 e. The van der Waals surface area contributed by atoms with E-state index < -0.39 is 0 Å². The van der Waals surface area contributed by atoms with Gasteiger partial charge < -0.3 is 5.32 Å². The molecule has 2 aromatic rings. The normalized spacial score (nSPS) is 12.6. The molecule has 1 atom stereocenters. The summed E-state index contributed by atoms with van der Waals surface area (Å²) in [5.41, 5.74) is 2.72. The zero-order chi connectivity index (χ0) is 13.7. The average Bonchev–Trinajstić information content (AvgIpc) is 2.88. The maximum atomic E-state index is 3.59. The molecule has 1 heterocycles. The van der Waals surface area contributed by atoms with Gasteiger partial charge in [-0.1, -0.05) is 44.5 Å². The Kier molecular flexibility index (Phi) is 5.17. The lowest BCUT2D eigenvalue weighted by Crippen LogP contribution is -2.19. The lowest BCUT2D eigenvalue weighted by molar-refractivity contribution is 0.516. The average molecular weight is 273 g/mol. The van der Waals surface area contributed by atoms with Crippen molar-refractivity contribution in [1.82, 2.24) is 5.32 Å². The van der Waals surface area contributed by atoms with Gasteiger partial charge in [-0.3, -0.25) is 0 Å². The van der Waals surface area contributed by atoms with Gasteiger partial charge in [0, 0.05) is 15.8 Å². The molecule has 0 aliphatic rings. The highest BCUT2D eigenvalue weighted by Crippen LogP contribution is 2.34. The molecule has 0 aliphatic carbocycles. The van der Waals surface area contributed by atoms with Crippen molar-refractivity contribution in [3.8, 4) is 10.4 Å². The molecule has 0 spiro atoms. The molecule has 0 fully saturated rings. The van der Waals surface area contributed by atoms with E-state index in [0.29, 0.717) is 6.04 Å². The van der Waals surface area contributed by atoms with Crippen molar-refractivity contribution in [1.29, 1.82) is 0 Å². The number of benzene rings is 1. The van der Waals surface area contributed by atoms with Crippen LogP contribution in [0, 0.1) is 6.92 Å². The molecule has 102 valence electrons. The van der Waals surface area contributed by atoms with E-state index in [4.69, 9.17) is 0 Å². The Bertz CT molecular complexity index is 509.